The van der Waals surface area contributed by atoms with Gasteiger partial charge in [-0.3, -0.25) is 9.78 Å². The Hall–Kier alpha value is -3.36. The second kappa shape index (κ2) is 8.05. The van der Waals surface area contributed by atoms with Gasteiger partial charge in [0.05, 0.1) is 17.3 Å². The fraction of sp³-hybridized carbons (Fsp3) is 0.318. The Bertz CT molecular complexity index is 1110. The average Bonchev–Trinajstić information content (AvgIpc) is 3.59. The third-order valence-corrected chi connectivity index (χ3v) is 5.07. The van der Waals surface area contributed by atoms with Crippen LogP contribution in [0.25, 0.3) is 11.5 Å². The van der Waals surface area contributed by atoms with Crippen LogP contribution in [0.2, 0.25) is 0 Å². The highest BCUT2D eigenvalue weighted by atomic mass is 19.4. The van der Waals surface area contributed by atoms with Crippen molar-refractivity contribution in [2.45, 2.75) is 44.8 Å². The maximum atomic E-state index is 13.3. The Morgan fingerprint density at radius 1 is 1.06 bits per heavy atom. The summed E-state index contributed by atoms with van der Waals surface area (Å²) in [6.45, 7) is 3.55. The van der Waals surface area contributed by atoms with E-state index in [1.807, 2.05) is 6.92 Å². The van der Waals surface area contributed by atoms with Crippen LogP contribution in [0.1, 0.15) is 64.5 Å². The molecule has 1 N–H and O–H groups in total. The van der Waals surface area contributed by atoms with Crippen molar-refractivity contribution in [3.63, 3.8) is 0 Å². The SMILES string of the molecule is Cc1cnc(-c2nccnc2C(C)NC(=O)c2cc(C3CC3)cc(C(F)(F)F)c2)nc1. The second-order valence-corrected chi connectivity index (χ2v) is 7.69. The summed E-state index contributed by atoms with van der Waals surface area (Å²) in [5.74, 6) is -0.177. The lowest BCUT2D eigenvalue weighted by Gasteiger charge is -2.17. The Kier molecular flexibility index (Phi) is 5.43. The molecule has 1 unspecified atom stereocenters. The first kappa shape index (κ1) is 20.9. The number of hydrogen-bond acceptors (Lipinski definition) is 5. The number of amides is 1. The summed E-state index contributed by atoms with van der Waals surface area (Å²) in [6.07, 6.45) is 3.40. The van der Waals surface area contributed by atoms with Crippen LogP contribution in [0, 0.1) is 6.92 Å². The molecule has 2 aromatic heterocycles. The second-order valence-electron chi connectivity index (χ2n) is 7.69. The molecule has 160 valence electrons. The van der Waals surface area contributed by atoms with Crippen molar-refractivity contribution in [1.29, 1.82) is 0 Å². The lowest BCUT2D eigenvalue weighted by Crippen LogP contribution is -2.28. The Morgan fingerprint density at radius 2 is 1.74 bits per heavy atom. The van der Waals surface area contributed by atoms with Crippen molar-refractivity contribution in [2.24, 2.45) is 0 Å². The standard InChI is InChI=1S/C22H20F3N5O/c1-12-10-28-20(29-11-12)19-18(26-5-6-27-19)13(2)30-21(31)16-7-15(14-3-4-14)8-17(9-16)22(23,24)25/h5-11,13-14H,3-4H2,1-2H3,(H,30,31). The van der Waals surface area contributed by atoms with Crippen molar-refractivity contribution in [3.05, 3.63) is 70.9 Å². The van der Waals surface area contributed by atoms with Gasteiger partial charge in [-0.15, -0.1) is 0 Å². The molecule has 0 aliphatic heterocycles. The summed E-state index contributed by atoms with van der Waals surface area (Å²) in [5, 5.41) is 2.73. The van der Waals surface area contributed by atoms with E-state index in [4.69, 9.17) is 0 Å². The third-order valence-electron chi connectivity index (χ3n) is 5.07. The van der Waals surface area contributed by atoms with Gasteiger partial charge in [0.25, 0.3) is 5.91 Å². The van der Waals surface area contributed by atoms with Crippen molar-refractivity contribution in [3.8, 4) is 11.5 Å². The summed E-state index contributed by atoms with van der Waals surface area (Å²) in [6, 6.07) is 2.93. The fourth-order valence-electron chi connectivity index (χ4n) is 3.30. The van der Waals surface area contributed by atoms with E-state index < -0.39 is 23.7 Å². The number of hydrogen-bond donors (Lipinski definition) is 1. The maximum Gasteiger partial charge on any atom is 0.416 e. The minimum atomic E-state index is -4.52. The molecule has 0 bridgehead atoms. The summed E-state index contributed by atoms with van der Waals surface area (Å²) in [5.41, 5.74) is 1.41. The normalized spacial score (nSPS) is 14.9. The summed E-state index contributed by atoms with van der Waals surface area (Å²) in [7, 11) is 0. The lowest BCUT2D eigenvalue weighted by atomic mass is 10.0. The van der Waals surface area contributed by atoms with Crippen LogP contribution in [0.3, 0.4) is 0 Å². The van der Waals surface area contributed by atoms with E-state index in [1.54, 1.807) is 19.3 Å². The number of nitrogens with zero attached hydrogens (tertiary/aromatic N) is 4. The predicted molar refractivity (Wildman–Crippen MR) is 107 cm³/mol. The van der Waals surface area contributed by atoms with E-state index in [-0.39, 0.29) is 11.5 Å². The third kappa shape index (κ3) is 4.70. The smallest absolute Gasteiger partial charge is 0.344 e. The Morgan fingerprint density at radius 3 is 2.39 bits per heavy atom. The molecule has 4 rings (SSSR count). The average molecular weight is 427 g/mol. The molecule has 9 heteroatoms. The topological polar surface area (TPSA) is 80.7 Å². The van der Waals surface area contributed by atoms with Crippen LogP contribution < -0.4 is 5.32 Å². The maximum absolute atomic E-state index is 13.3. The highest BCUT2D eigenvalue weighted by Crippen LogP contribution is 2.42. The van der Waals surface area contributed by atoms with Crippen molar-refractivity contribution in [2.75, 3.05) is 0 Å². The van der Waals surface area contributed by atoms with Gasteiger partial charge in [-0.1, -0.05) is 0 Å². The van der Waals surface area contributed by atoms with Crippen LogP contribution in [-0.4, -0.2) is 25.8 Å². The van der Waals surface area contributed by atoms with Crippen LogP contribution in [0.5, 0.6) is 0 Å². The summed E-state index contributed by atoms with van der Waals surface area (Å²) >= 11 is 0. The molecule has 0 radical (unpaired) electrons. The number of carbonyl (C=O) groups is 1. The van der Waals surface area contributed by atoms with Gasteiger partial charge in [0, 0.05) is 30.4 Å². The zero-order valence-electron chi connectivity index (χ0n) is 16.9. The largest absolute Gasteiger partial charge is 0.416 e. The number of carbonyl (C=O) groups excluding carboxylic acids is 1. The molecule has 0 spiro atoms. The molecular weight excluding hydrogens is 407 g/mol. The highest BCUT2D eigenvalue weighted by molar-refractivity contribution is 5.95. The Labute approximate surface area is 177 Å². The van der Waals surface area contributed by atoms with Crippen molar-refractivity contribution >= 4 is 5.91 Å². The molecular formula is C22H20F3N5O. The molecule has 6 nitrogen and oxygen atoms in total. The number of benzene rings is 1. The van der Waals surface area contributed by atoms with Gasteiger partial charge in [-0.25, -0.2) is 15.0 Å². The van der Waals surface area contributed by atoms with E-state index >= 15 is 0 Å². The van der Waals surface area contributed by atoms with Crippen LogP contribution in [-0.2, 0) is 6.18 Å². The summed E-state index contributed by atoms with van der Waals surface area (Å²) < 4.78 is 40.0. The number of aromatic nitrogens is 4. The van der Waals surface area contributed by atoms with Gasteiger partial charge in [-0.05, 0) is 61.9 Å². The number of rotatable bonds is 5. The minimum Gasteiger partial charge on any atom is -0.344 e. The highest BCUT2D eigenvalue weighted by Gasteiger charge is 2.34. The van der Waals surface area contributed by atoms with Gasteiger partial charge >= 0.3 is 6.18 Å². The molecule has 31 heavy (non-hydrogen) atoms. The molecule has 1 aliphatic rings. The first-order chi connectivity index (χ1) is 14.7. The molecule has 1 aromatic carbocycles. The van der Waals surface area contributed by atoms with Gasteiger partial charge in [0.1, 0.15) is 5.69 Å². The molecule has 2 heterocycles. The number of alkyl halides is 3. The first-order valence-electron chi connectivity index (χ1n) is 9.85. The van der Waals surface area contributed by atoms with Gasteiger partial charge in [0.2, 0.25) is 0 Å². The summed E-state index contributed by atoms with van der Waals surface area (Å²) in [4.78, 5) is 29.9. The van der Waals surface area contributed by atoms with Gasteiger partial charge in [-0.2, -0.15) is 13.2 Å². The zero-order chi connectivity index (χ0) is 22.2. The van der Waals surface area contributed by atoms with Crippen molar-refractivity contribution < 1.29 is 18.0 Å². The van der Waals surface area contributed by atoms with Gasteiger partial charge in [0.15, 0.2) is 5.82 Å². The molecule has 1 amide bonds. The molecule has 1 saturated carbocycles. The van der Waals surface area contributed by atoms with E-state index in [1.165, 1.54) is 18.5 Å². The fourth-order valence-corrected chi connectivity index (χ4v) is 3.30. The molecule has 1 atom stereocenters. The van der Waals surface area contributed by atoms with E-state index in [0.29, 0.717) is 22.8 Å². The quantitative estimate of drug-likeness (QED) is 0.642. The minimum absolute atomic E-state index is 0.0272. The molecule has 0 saturated heterocycles. The molecule has 1 fully saturated rings. The van der Waals surface area contributed by atoms with Crippen LogP contribution in [0.4, 0.5) is 13.2 Å². The molecule has 3 aromatic rings. The number of nitrogens with one attached hydrogen (secondary N) is 1. The lowest BCUT2D eigenvalue weighted by molar-refractivity contribution is -0.137. The van der Waals surface area contributed by atoms with E-state index in [0.717, 1.165) is 30.5 Å². The Balaban J connectivity index is 1.61. The van der Waals surface area contributed by atoms with Crippen molar-refractivity contribution in [1.82, 2.24) is 25.3 Å². The predicted octanol–water partition coefficient (Wildman–Crippen LogP) is 4.63. The van der Waals surface area contributed by atoms with E-state index in [2.05, 4.69) is 25.3 Å². The van der Waals surface area contributed by atoms with Crippen LogP contribution >= 0.6 is 0 Å². The number of aryl methyl sites for hydroxylation is 1. The first-order valence-corrected chi connectivity index (χ1v) is 9.85. The van der Waals surface area contributed by atoms with Gasteiger partial charge < -0.3 is 5.32 Å². The number of halogens is 3. The van der Waals surface area contributed by atoms with Crippen LogP contribution in [0.15, 0.2) is 43.0 Å². The zero-order valence-corrected chi connectivity index (χ0v) is 16.9. The van der Waals surface area contributed by atoms with E-state index in [9.17, 15) is 18.0 Å². The monoisotopic (exact) mass is 427 g/mol. The molecule has 1 aliphatic carbocycles.